The fraction of sp³-hybridized carbons (Fsp3) is 0.667. The maximum absolute atomic E-state index is 10.7. The summed E-state index contributed by atoms with van der Waals surface area (Å²) in [6.45, 7) is 3.62. The molecule has 0 rings (SSSR count). The van der Waals surface area contributed by atoms with Crippen LogP contribution in [0.2, 0.25) is 0 Å². The Morgan fingerprint density at radius 3 is 1.67 bits per heavy atom. The zero-order valence-electron chi connectivity index (χ0n) is 6.43. The van der Waals surface area contributed by atoms with Gasteiger partial charge in [-0.2, -0.15) is 13.8 Å². The van der Waals surface area contributed by atoms with Crippen molar-refractivity contribution in [1.82, 2.24) is 4.90 Å². The number of amides is 1. The van der Waals surface area contributed by atoms with Gasteiger partial charge in [-0.25, -0.2) is 0 Å². The molecule has 0 fully saturated rings. The van der Waals surface area contributed by atoms with Crippen molar-refractivity contribution in [2.75, 3.05) is 14.1 Å². The Morgan fingerprint density at radius 1 is 1.33 bits per heavy atom. The Kier molecular flexibility index (Phi) is 7.08. The zero-order chi connectivity index (χ0) is 6.73. The summed E-state index contributed by atoms with van der Waals surface area (Å²) in [4.78, 5) is 12.3. The van der Waals surface area contributed by atoms with E-state index >= 15 is 0 Å². The van der Waals surface area contributed by atoms with Crippen LogP contribution >= 0.6 is 0 Å². The molecule has 0 aromatic heterocycles. The number of carbonyl (C=O) groups is 1. The maximum atomic E-state index is 10.7. The zero-order valence-corrected chi connectivity index (χ0v) is 9.27. The molecule has 0 spiro atoms. The van der Waals surface area contributed by atoms with Crippen molar-refractivity contribution in [3.8, 4) is 0 Å². The van der Waals surface area contributed by atoms with Gasteiger partial charge in [0.1, 0.15) is 0 Å². The summed E-state index contributed by atoms with van der Waals surface area (Å²) in [6.07, 6.45) is 0. The first-order chi connectivity index (χ1) is 3.55. The first-order valence-electron chi connectivity index (χ1n) is 2.57. The fourth-order valence-electron chi connectivity index (χ4n) is 0.447. The Morgan fingerprint density at radius 2 is 1.67 bits per heavy atom. The smallest absolute Gasteiger partial charge is 0.373 e. The SMILES string of the molecule is C[C-](C)C(=O)N(C)C.[Y+3]. The van der Waals surface area contributed by atoms with Crippen LogP contribution in [-0.4, -0.2) is 24.9 Å². The molecule has 0 radical (unpaired) electrons. The molecule has 0 aliphatic carbocycles. The van der Waals surface area contributed by atoms with Gasteiger partial charge in [0, 0.05) is 14.1 Å². The van der Waals surface area contributed by atoms with Crippen molar-refractivity contribution < 1.29 is 37.5 Å². The van der Waals surface area contributed by atoms with E-state index in [-0.39, 0.29) is 38.6 Å². The standard InChI is InChI=1S/C6H12NO.Y/c1-5(2)6(8)7(3)4;/h1-4H3;/q-1;+3. The molecule has 9 heavy (non-hydrogen) atoms. The van der Waals surface area contributed by atoms with Gasteiger partial charge in [-0.1, -0.05) is 0 Å². The quantitative estimate of drug-likeness (QED) is 0.574. The van der Waals surface area contributed by atoms with Crippen LogP contribution in [0.25, 0.3) is 0 Å². The Hall–Kier alpha value is 0.444. The number of hydrogen-bond donors (Lipinski definition) is 0. The van der Waals surface area contributed by atoms with E-state index in [9.17, 15) is 4.79 Å². The third-order valence-electron chi connectivity index (χ3n) is 0.834. The summed E-state index contributed by atoms with van der Waals surface area (Å²) in [5.74, 6) is 0.931. The molecule has 0 aliphatic heterocycles. The number of carbonyl (C=O) groups excluding carboxylic acids is 1. The molecular weight excluding hydrogens is 191 g/mol. The molecule has 0 saturated heterocycles. The second kappa shape index (κ2) is 5.25. The van der Waals surface area contributed by atoms with Crippen molar-refractivity contribution in [2.24, 2.45) is 0 Å². The van der Waals surface area contributed by atoms with Crippen LogP contribution in [0.5, 0.6) is 0 Å². The van der Waals surface area contributed by atoms with E-state index in [2.05, 4.69) is 0 Å². The van der Waals surface area contributed by atoms with E-state index in [1.165, 1.54) is 0 Å². The van der Waals surface area contributed by atoms with Crippen LogP contribution in [0.3, 0.4) is 0 Å². The summed E-state index contributed by atoms with van der Waals surface area (Å²) in [6, 6.07) is 0. The van der Waals surface area contributed by atoms with E-state index in [1.807, 2.05) is 13.8 Å². The molecule has 0 atom stereocenters. The predicted octanol–water partition coefficient (Wildman–Crippen LogP) is 0.686. The summed E-state index contributed by atoms with van der Waals surface area (Å²) < 4.78 is 0. The normalized spacial score (nSPS) is 7.56. The van der Waals surface area contributed by atoms with Gasteiger partial charge < -0.3 is 9.69 Å². The number of rotatable bonds is 1. The van der Waals surface area contributed by atoms with Crippen LogP contribution in [0.4, 0.5) is 0 Å². The van der Waals surface area contributed by atoms with Gasteiger partial charge in [0.25, 0.3) is 0 Å². The van der Waals surface area contributed by atoms with E-state index in [0.717, 1.165) is 5.92 Å². The molecule has 2 nitrogen and oxygen atoms in total. The van der Waals surface area contributed by atoms with E-state index in [0.29, 0.717) is 0 Å². The molecule has 0 aliphatic rings. The second-order valence-corrected chi connectivity index (χ2v) is 2.20. The summed E-state index contributed by atoms with van der Waals surface area (Å²) in [7, 11) is 3.49. The number of nitrogens with zero attached hydrogens (tertiary/aromatic N) is 1. The van der Waals surface area contributed by atoms with Crippen LogP contribution in [0, 0.1) is 5.92 Å². The minimum atomic E-state index is 0. The van der Waals surface area contributed by atoms with Crippen molar-refractivity contribution in [2.45, 2.75) is 13.8 Å². The van der Waals surface area contributed by atoms with E-state index in [4.69, 9.17) is 0 Å². The van der Waals surface area contributed by atoms with Crippen LogP contribution in [-0.2, 0) is 37.5 Å². The molecule has 48 valence electrons. The van der Waals surface area contributed by atoms with Gasteiger partial charge >= 0.3 is 32.7 Å². The Labute approximate surface area is 81.9 Å². The molecule has 0 N–H and O–H groups in total. The average molecular weight is 203 g/mol. The van der Waals surface area contributed by atoms with Crippen LogP contribution < -0.4 is 0 Å². The van der Waals surface area contributed by atoms with Gasteiger partial charge in [0.15, 0.2) is 0 Å². The molecular formula is C6H12NOY+2. The summed E-state index contributed by atoms with van der Waals surface area (Å²) >= 11 is 0. The van der Waals surface area contributed by atoms with Crippen molar-refractivity contribution in [3.05, 3.63) is 5.92 Å². The second-order valence-electron chi connectivity index (χ2n) is 2.20. The predicted molar refractivity (Wildman–Crippen MR) is 33.3 cm³/mol. The first kappa shape index (κ1) is 12.2. The van der Waals surface area contributed by atoms with Gasteiger partial charge in [0.05, 0.1) is 5.91 Å². The minimum Gasteiger partial charge on any atom is -0.373 e. The third-order valence-corrected chi connectivity index (χ3v) is 0.834. The van der Waals surface area contributed by atoms with E-state index < -0.39 is 0 Å². The van der Waals surface area contributed by atoms with Gasteiger partial charge in [-0.05, 0) is 0 Å². The fourth-order valence-corrected chi connectivity index (χ4v) is 0.447. The van der Waals surface area contributed by atoms with Crippen molar-refractivity contribution >= 4 is 5.91 Å². The summed E-state index contributed by atoms with van der Waals surface area (Å²) in [5, 5.41) is 0. The average Bonchev–Trinajstić information content (AvgIpc) is 1.64. The molecule has 0 bridgehead atoms. The largest absolute Gasteiger partial charge is 3.00 e. The minimum absolute atomic E-state index is 0. The monoisotopic (exact) mass is 203 g/mol. The summed E-state index contributed by atoms with van der Waals surface area (Å²) in [5.41, 5.74) is 0. The van der Waals surface area contributed by atoms with Crippen molar-refractivity contribution in [3.63, 3.8) is 0 Å². The topological polar surface area (TPSA) is 20.3 Å². The molecule has 1 amide bonds. The maximum Gasteiger partial charge on any atom is 3.00 e. The van der Waals surface area contributed by atoms with Gasteiger partial charge in [-0.15, -0.1) is 0 Å². The van der Waals surface area contributed by atoms with Crippen molar-refractivity contribution in [1.29, 1.82) is 0 Å². The van der Waals surface area contributed by atoms with Gasteiger partial charge in [-0.3, -0.25) is 5.92 Å². The Bertz CT molecular complexity index is 81.1. The molecule has 0 aromatic carbocycles. The van der Waals surface area contributed by atoms with Crippen LogP contribution in [0.15, 0.2) is 0 Å². The molecule has 0 saturated carbocycles. The van der Waals surface area contributed by atoms with Crippen LogP contribution in [0.1, 0.15) is 13.8 Å². The molecule has 3 heteroatoms. The first-order valence-corrected chi connectivity index (χ1v) is 2.57. The molecule has 0 heterocycles. The molecule has 0 unspecified atom stereocenters. The Balaban J connectivity index is 0. The molecule has 0 aromatic rings. The number of hydrogen-bond acceptors (Lipinski definition) is 1. The van der Waals surface area contributed by atoms with Gasteiger partial charge in [0.2, 0.25) is 0 Å². The van der Waals surface area contributed by atoms with E-state index in [1.54, 1.807) is 19.0 Å². The third kappa shape index (κ3) is 4.92.